The molecular weight excluding hydrogens is 260 g/mol. The molecule has 0 fully saturated rings. The maximum atomic E-state index is 9.30. The van der Waals surface area contributed by atoms with Crippen molar-refractivity contribution in [3.63, 3.8) is 0 Å². The highest BCUT2D eigenvalue weighted by molar-refractivity contribution is 7.99. The number of phenols is 1. The Balaban J connectivity index is 2.11. The molecule has 2 aromatic rings. The highest BCUT2D eigenvalue weighted by Gasteiger charge is 2.11. The van der Waals surface area contributed by atoms with E-state index in [-0.39, 0.29) is 5.75 Å². The molecule has 102 valence electrons. The van der Waals surface area contributed by atoms with E-state index in [0.717, 1.165) is 16.6 Å². The van der Waals surface area contributed by atoms with Crippen molar-refractivity contribution in [2.75, 3.05) is 5.75 Å². The number of hydrogen-bond donors (Lipinski definition) is 1. The fourth-order valence-electron chi connectivity index (χ4n) is 1.74. The van der Waals surface area contributed by atoms with Crippen molar-refractivity contribution in [1.82, 2.24) is 20.2 Å². The molecule has 0 aliphatic rings. The summed E-state index contributed by atoms with van der Waals surface area (Å²) in [5.41, 5.74) is 0.856. The fraction of sp³-hybridized carbons (Fsp3) is 0.462. The predicted molar refractivity (Wildman–Crippen MR) is 75.6 cm³/mol. The number of hydrogen-bond acceptors (Lipinski definition) is 5. The smallest absolute Gasteiger partial charge is 0.214 e. The lowest BCUT2D eigenvalue weighted by molar-refractivity contribution is 0.475. The van der Waals surface area contributed by atoms with Gasteiger partial charge in [-0.25, -0.2) is 0 Å². The van der Waals surface area contributed by atoms with Gasteiger partial charge in [0.15, 0.2) is 0 Å². The molecule has 2 rings (SSSR count). The van der Waals surface area contributed by atoms with E-state index in [9.17, 15) is 5.11 Å². The van der Waals surface area contributed by atoms with E-state index in [1.165, 1.54) is 12.8 Å². The molecule has 0 spiro atoms. The third kappa shape index (κ3) is 3.47. The fourth-order valence-corrected chi connectivity index (χ4v) is 2.96. The number of tetrazole rings is 1. The molecule has 0 amide bonds. The molecule has 0 aliphatic heterocycles. The zero-order chi connectivity index (χ0) is 13.7. The summed E-state index contributed by atoms with van der Waals surface area (Å²) in [5.74, 6) is 1.95. The molecule has 0 atom stereocenters. The number of aromatic hydroxyl groups is 1. The van der Waals surface area contributed by atoms with E-state index >= 15 is 0 Å². The zero-order valence-electron chi connectivity index (χ0n) is 11.2. The molecule has 1 aromatic heterocycles. The summed E-state index contributed by atoms with van der Waals surface area (Å²) in [6.07, 6.45) is 2.34. The van der Waals surface area contributed by atoms with Gasteiger partial charge in [-0.05, 0) is 40.6 Å². The molecule has 1 N–H and O–H groups in total. The average molecular weight is 278 g/mol. The third-order valence-electron chi connectivity index (χ3n) is 3.14. The molecule has 1 aromatic carbocycles. The van der Waals surface area contributed by atoms with Crippen LogP contribution in [0, 0.1) is 5.92 Å². The molecule has 0 saturated carbocycles. The minimum atomic E-state index is 0.239. The highest BCUT2D eigenvalue weighted by Crippen LogP contribution is 2.23. The summed E-state index contributed by atoms with van der Waals surface area (Å²) < 4.78 is 1.70. The van der Waals surface area contributed by atoms with Gasteiger partial charge in [0, 0.05) is 5.75 Å². The van der Waals surface area contributed by atoms with Crippen molar-refractivity contribution in [2.24, 2.45) is 5.92 Å². The van der Waals surface area contributed by atoms with Crippen molar-refractivity contribution in [3.05, 3.63) is 24.3 Å². The van der Waals surface area contributed by atoms with Crippen molar-refractivity contribution < 1.29 is 5.11 Å². The quantitative estimate of drug-likeness (QED) is 0.823. The van der Waals surface area contributed by atoms with Crippen LogP contribution in [0.15, 0.2) is 29.4 Å². The van der Waals surface area contributed by atoms with Gasteiger partial charge in [-0.1, -0.05) is 38.5 Å². The monoisotopic (exact) mass is 278 g/mol. The number of aromatic nitrogens is 4. The van der Waals surface area contributed by atoms with E-state index in [0.29, 0.717) is 5.92 Å². The maximum Gasteiger partial charge on any atom is 0.214 e. The zero-order valence-corrected chi connectivity index (χ0v) is 12.0. The minimum Gasteiger partial charge on any atom is -0.508 e. The Morgan fingerprint density at radius 2 is 1.89 bits per heavy atom. The maximum absolute atomic E-state index is 9.30. The molecule has 0 unspecified atom stereocenters. The summed E-state index contributed by atoms with van der Waals surface area (Å²) in [6, 6.07) is 6.86. The Morgan fingerprint density at radius 1 is 1.21 bits per heavy atom. The average Bonchev–Trinajstić information content (AvgIpc) is 2.89. The standard InChI is InChI=1S/C13H18N4OS/c1-3-10(4-2)9-19-13-14-15-16-17(13)11-5-7-12(18)8-6-11/h5-8,10,18H,3-4,9H2,1-2H3. The van der Waals surface area contributed by atoms with E-state index in [1.54, 1.807) is 40.7 Å². The lowest BCUT2D eigenvalue weighted by Crippen LogP contribution is -2.03. The second-order valence-electron chi connectivity index (χ2n) is 4.38. The Morgan fingerprint density at radius 3 is 2.53 bits per heavy atom. The lowest BCUT2D eigenvalue weighted by Gasteiger charge is -2.10. The normalized spacial score (nSPS) is 11.1. The van der Waals surface area contributed by atoms with Crippen LogP contribution in [0.3, 0.4) is 0 Å². The van der Waals surface area contributed by atoms with Crippen molar-refractivity contribution in [2.45, 2.75) is 31.8 Å². The molecule has 0 bridgehead atoms. The topological polar surface area (TPSA) is 63.8 Å². The van der Waals surface area contributed by atoms with E-state index in [2.05, 4.69) is 29.4 Å². The van der Waals surface area contributed by atoms with Crippen LogP contribution in [0.1, 0.15) is 26.7 Å². The van der Waals surface area contributed by atoms with Crippen LogP contribution in [-0.2, 0) is 0 Å². The van der Waals surface area contributed by atoms with Gasteiger partial charge in [-0.3, -0.25) is 0 Å². The van der Waals surface area contributed by atoms with Crippen LogP contribution in [0.4, 0.5) is 0 Å². The Bertz CT molecular complexity index is 508. The van der Waals surface area contributed by atoms with Crippen LogP contribution < -0.4 is 0 Å². The van der Waals surface area contributed by atoms with E-state index < -0.39 is 0 Å². The highest BCUT2D eigenvalue weighted by atomic mass is 32.2. The number of rotatable bonds is 6. The Labute approximate surface area is 117 Å². The van der Waals surface area contributed by atoms with Gasteiger partial charge >= 0.3 is 0 Å². The second-order valence-corrected chi connectivity index (χ2v) is 5.37. The summed E-state index contributed by atoms with van der Waals surface area (Å²) in [7, 11) is 0. The second kappa shape index (κ2) is 6.56. The number of benzene rings is 1. The summed E-state index contributed by atoms with van der Waals surface area (Å²) >= 11 is 1.67. The van der Waals surface area contributed by atoms with E-state index in [4.69, 9.17) is 0 Å². The molecule has 0 saturated heterocycles. The molecule has 6 heteroatoms. The first kappa shape index (κ1) is 13.9. The van der Waals surface area contributed by atoms with Gasteiger partial charge in [0.05, 0.1) is 5.69 Å². The lowest BCUT2D eigenvalue weighted by atomic mass is 10.1. The number of thioether (sulfide) groups is 1. The number of nitrogens with zero attached hydrogens (tertiary/aromatic N) is 4. The summed E-state index contributed by atoms with van der Waals surface area (Å²) in [6.45, 7) is 4.41. The van der Waals surface area contributed by atoms with Crippen LogP contribution in [0.25, 0.3) is 5.69 Å². The van der Waals surface area contributed by atoms with Gasteiger partial charge < -0.3 is 5.11 Å². The first-order valence-electron chi connectivity index (χ1n) is 6.45. The minimum absolute atomic E-state index is 0.239. The van der Waals surface area contributed by atoms with Gasteiger partial charge in [0.2, 0.25) is 5.16 Å². The molecule has 1 heterocycles. The largest absolute Gasteiger partial charge is 0.508 e. The third-order valence-corrected chi connectivity index (χ3v) is 4.29. The Hall–Kier alpha value is -1.56. The van der Waals surface area contributed by atoms with Crippen molar-refractivity contribution in [3.8, 4) is 11.4 Å². The van der Waals surface area contributed by atoms with Crippen molar-refractivity contribution in [1.29, 1.82) is 0 Å². The summed E-state index contributed by atoms with van der Waals surface area (Å²) in [4.78, 5) is 0. The SMILES string of the molecule is CCC(CC)CSc1nnnn1-c1ccc(O)cc1. The van der Waals surface area contributed by atoms with Crippen molar-refractivity contribution >= 4 is 11.8 Å². The van der Waals surface area contributed by atoms with E-state index in [1.807, 2.05) is 0 Å². The van der Waals surface area contributed by atoms with Crippen LogP contribution >= 0.6 is 11.8 Å². The molecule has 0 radical (unpaired) electrons. The van der Waals surface area contributed by atoms with Gasteiger partial charge in [-0.2, -0.15) is 4.68 Å². The van der Waals surface area contributed by atoms with Crippen LogP contribution in [-0.4, -0.2) is 31.1 Å². The van der Waals surface area contributed by atoms with Gasteiger partial charge in [-0.15, -0.1) is 5.10 Å². The summed E-state index contributed by atoms with van der Waals surface area (Å²) in [5, 5.41) is 21.9. The molecule has 5 nitrogen and oxygen atoms in total. The number of phenolic OH excluding ortho intramolecular Hbond substituents is 1. The van der Waals surface area contributed by atoms with Crippen LogP contribution in [0.5, 0.6) is 5.75 Å². The molecular formula is C13H18N4OS. The first-order valence-corrected chi connectivity index (χ1v) is 7.43. The Kier molecular flexibility index (Phi) is 4.79. The molecule has 0 aliphatic carbocycles. The molecule has 19 heavy (non-hydrogen) atoms. The predicted octanol–water partition coefficient (Wildman–Crippen LogP) is 2.90. The van der Waals surface area contributed by atoms with Gasteiger partial charge in [0.1, 0.15) is 5.75 Å². The van der Waals surface area contributed by atoms with Gasteiger partial charge in [0.25, 0.3) is 0 Å². The van der Waals surface area contributed by atoms with Crippen LogP contribution in [0.2, 0.25) is 0 Å². The first-order chi connectivity index (χ1) is 9.24.